The molecule has 1 aromatic heterocycles. The number of thiophene rings is 1. The Morgan fingerprint density at radius 1 is 1.24 bits per heavy atom. The molecule has 2 heteroatoms. The SMILES string of the molecule is CCNC(c1cscc1C)C1CCCCCC1. The predicted octanol–water partition coefficient (Wildman–Crippen LogP) is 4.68. The van der Waals surface area contributed by atoms with E-state index in [9.17, 15) is 0 Å². The average Bonchev–Trinajstić information content (AvgIpc) is 2.60. The van der Waals surface area contributed by atoms with Gasteiger partial charge in [0.15, 0.2) is 0 Å². The summed E-state index contributed by atoms with van der Waals surface area (Å²) < 4.78 is 0. The van der Waals surface area contributed by atoms with Gasteiger partial charge in [0, 0.05) is 6.04 Å². The molecule has 0 radical (unpaired) electrons. The largest absolute Gasteiger partial charge is 0.310 e. The Kier molecular flexibility index (Phi) is 5.05. The molecular weight excluding hydrogens is 226 g/mol. The summed E-state index contributed by atoms with van der Waals surface area (Å²) in [5, 5.41) is 8.37. The topological polar surface area (TPSA) is 12.0 Å². The van der Waals surface area contributed by atoms with Crippen LogP contribution >= 0.6 is 11.3 Å². The second-order valence-corrected chi connectivity index (χ2v) is 6.04. The summed E-state index contributed by atoms with van der Waals surface area (Å²) in [4.78, 5) is 0. The van der Waals surface area contributed by atoms with Crippen molar-refractivity contribution in [1.29, 1.82) is 0 Å². The van der Waals surface area contributed by atoms with Gasteiger partial charge in [-0.05, 0) is 54.1 Å². The van der Waals surface area contributed by atoms with E-state index in [4.69, 9.17) is 0 Å². The van der Waals surface area contributed by atoms with Crippen LogP contribution in [-0.2, 0) is 0 Å². The molecule has 1 unspecified atom stereocenters. The van der Waals surface area contributed by atoms with Crippen molar-refractivity contribution >= 4 is 11.3 Å². The number of rotatable bonds is 4. The number of aryl methyl sites for hydroxylation is 1. The van der Waals surface area contributed by atoms with Gasteiger partial charge in [-0.2, -0.15) is 11.3 Å². The van der Waals surface area contributed by atoms with Gasteiger partial charge in [0.05, 0.1) is 0 Å². The summed E-state index contributed by atoms with van der Waals surface area (Å²) in [6, 6.07) is 0.601. The molecule has 1 nitrogen and oxygen atoms in total. The fourth-order valence-corrected chi connectivity index (χ4v) is 3.97. The van der Waals surface area contributed by atoms with Gasteiger partial charge >= 0.3 is 0 Å². The van der Waals surface area contributed by atoms with Crippen molar-refractivity contribution in [2.24, 2.45) is 5.92 Å². The monoisotopic (exact) mass is 251 g/mol. The van der Waals surface area contributed by atoms with E-state index in [-0.39, 0.29) is 0 Å². The van der Waals surface area contributed by atoms with Crippen LogP contribution in [0.15, 0.2) is 10.8 Å². The van der Waals surface area contributed by atoms with E-state index in [0.29, 0.717) is 6.04 Å². The molecule has 0 saturated heterocycles. The number of nitrogens with one attached hydrogen (secondary N) is 1. The van der Waals surface area contributed by atoms with Crippen LogP contribution in [0.25, 0.3) is 0 Å². The molecule has 2 rings (SSSR count). The van der Waals surface area contributed by atoms with Crippen LogP contribution in [0.3, 0.4) is 0 Å². The van der Waals surface area contributed by atoms with Crippen LogP contribution in [0, 0.1) is 12.8 Å². The first-order valence-electron chi connectivity index (χ1n) is 7.09. The minimum Gasteiger partial charge on any atom is -0.310 e. The van der Waals surface area contributed by atoms with E-state index in [2.05, 4.69) is 29.9 Å². The van der Waals surface area contributed by atoms with Crippen molar-refractivity contribution in [2.75, 3.05) is 6.54 Å². The molecule has 0 aliphatic heterocycles. The van der Waals surface area contributed by atoms with Crippen LogP contribution in [0.4, 0.5) is 0 Å². The Morgan fingerprint density at radius 2 is 1.94 bits per heavy atom. The molecule has 0 bridgehead atoms. The molecule has 1 aliphatic rings. The van der Waals surface area contributed by atoms with Crippen molar-refractivity contribution in [2.45, 2.75) is 58.4 Å². The zero-order valence-electron chi connectivity index (χ0n) is 11.2. The highest BCUT2D eigenvalue weighted by molar-refractivity contribution is 7.08. The molecule has 0 spiro atoms. The van der Waals surface area contributed by atoms with Crippen LogP contribution in [0.1, 0.15) is 62.6 Å². The summed E-state index contributed by atoms with van der Waals surface area (Å²) in [5.74, 6) is 0.853. The molecule has 1 atom stereocenters. The van der Waals surface area contributed by atoms with Crippen molar-refractivity contribution < 1.29 is 0 Å². The Balaban J connectivity index is 2.13. The minimum absolute atomic E-state index is 0.601. The molecule has 1 N–H and O–H groups in total. The minimum atomic E-state index is 0.601. The quantitative estimate of drug-likeness (QED) is 0.766. The Bertz CT molecular complexity index is 323. The van der Waals surface area contributed by atoms with Crippen LogP contribution in [-0.4, -0.2) is 6.54 Å². The molecule has 1 heterocycles. The van der Waals surface area contributed by atoms with E-state index in [1.807, 2.05) is 11.3 Å². The van der Waals surface area contributed by atoms with E-state index in [0.717, 1.165) is 12.5 Å². The van der Waals surface area contributed by atoms with Crippen molar-refractivity contribution in [3.05, 3.63) is 21.9 Å². The number of hydrogen-bond acceptors (Lipinski definition) is 2. The third-order valence-electron chi connectivity index (χ3n) is 4.03. The standard InChI is InChI=1S/C15H25NS/c1-3-16-15(14-11-17-10-12(14)2)13-8-6-4-5-7-9-13/h10-11,13,15-16H,3-9H2,1-2H3. The van der Waals surface area contributed by atoms with E-state index < -0.39 is 0 Å². The molecule has 1 aromatic rings. The second-order valence-electron chi connectivity index (χ2n) is 5.30. The van der Waals surface area contributed by atoms with Crippen molar-refractivity contribution in [3.63, 3.8) is 0 Å². The predicted molar refractivity (Wildman–Crippen MR) is 76.7 cm³/mol. The molecular formula is C15H25NS. The maximum absolute atomic E-state index is 3.73. The van der Waals surface area contributed by atoms with Gasteiger partial charge in [0.25, 0.3) is 0 Å². The highest BCUT2D eigenvalue weighted by Crippen LogP contribution is 2.35. The first kappa shape index (κ1) is 13.1. The summed E-state index contributed by atoms with van der Waals surface area (Å²) in [7, 11) is 0. The van der Waals surface area contributed by atoms with Gasteiger partial charge in [-0.15, -0.1) is 0 Å². The Morgan fingerprint density at radius 3 is 2.47 bits per heavy atom. The zero-order chi connectivity index (χ0) is 12.1. The third kappa shape index (κ3) is 3.32. The fraction of sp³-hybridized carbons (Fsp3) is 0.733. The van der Waals surface area contributed by atoms with Gasteiger partial charge in [-0.25, -0.2) is 0 Å². The smallest absolute Gasteiger partial charge is 0.0359 e. The molecule has 1 aliphatic carbocycles. The average molecular weight is 251 g/mol. The van der Waals surface area contributed by atoms with Crippen LogP contribution in [0.5, 0.6) is 0 Å². The molecule has 1 fully saturated rings. The first-order valence-corrected chi connectivity index (χ1v) is 8.03. The van der Waals surface area contributed by atoms with E-state index in [1.165, 1.54) is 44.1 Å². The van der Waals surface area contributed by atoms with Gasteiger partial charge in [-0.3, -0.25) is 0 Å². The van der Waals surface area contributed by atoms with Crippen molar-refractivity contribution in [1.82, 2.24) is 5.32 Å². The van der Waals surface area contributed by atoms with Gasteiger partial charge in [0.2, 0.25) is 0 Å². The van der Waals surface area contributed by atoms with Gasteiger partial charge < -0.3 is 5.32 Å². The fourth-order valence-electron chi connectivity index (χ4n) is 3.08. The molecule has 1 saturated carbocycles. The second kappa shape index (κ2) is 6.55. The first-order chi connectivity index (χ1) is 8.33. The van der Waals surface area contributed by atoms with Crippen LogP contribution in [0.2, 0.25) is 0 Å². The lowest BCUT2D eigenvalue weighted by Gasteiger charge is -2.27. The summed E-state index contributed by atoms with van der Waals surface area (Å²) in [6.07, 6.45) is 8.56. The number of hydrogen-bond donors (Lipinski definition) is 1. The Hall–Kier alpha value is -0.340. The third-order valence-corrected chi connectivity index (χ3v) is 4.91. The highest BCUT2D eigenvalue weighted by Gasteiger charge is 2.24. The maximum atomic E-state index is 3.73. The zero-order valence-corrected chi connectivity index (χ0v) is 12.0. The summed E-state index contributed by atoms with van der Waals surface area (Å²) in [6.45, 7) is 5.56. The highest BCUT2D eigenvalue weighted by atomic mass is 32.1. The lowest BCUT2D eigenvalue weighted by molar-refractivity contribution is 0.330. The Labute approximate surface area is 110 Å². The van der Waals surface area contributed by atoms with Crippen molar-refractivity contribution in [3.8, 4) is 0 Å². The molecule has 96 valence electrons. The van der Waals surface area contributed by atoms with E-state index in [1.54, 1.807) is 5.56 Å². The van der Waals surface area contributed by atoms with Gasteiger partial charge in [0.1, 0.15) is 0 Å². The maximum Gasteiger partial charge on any atom is 0.0359 e. The molecule has 17 heavy (non-hydrogen) atoms. The normalized spacial score (nSPS) is 20.1. The molecule has 0 amide bonds. The molecule has 0 aromatic carbocycles. The van der Waals surface area contributed by atoms with E-state index >= 15 is 0 Å². The lowest BCUT2D eigenvalue weighted by atomic mass is 9.87. The van der Waals surface area contributed by atoms with Crippen LogP contribution < -0.4 is 5.32 Å². The summed E-state index contributed by atoms with van der Waals surface area (Å²) >= 11 is 1.85. The summed E-state index contributed by atoms with van der Waals surface area (Å²) in [5.41, 5.74) is 3.04. The van der Waals surface area contributed by atoms with Gasteiger partial charge in [-0.1, -0.05) is 32.6 Å². The lowest BCUT2D eigenvalue weighted by Crippen LogP contribution is -2.28.